The maximum Gasteiger partial charge on any atom is 0.276 e. The molecule has 3 aromatic carbocycles. The molecular weight excluding hydrogens is 430 g/mol. The second kappa shape index (κ2) is 11.6. The molecule has 0 aliphatic heterocycles. The van der Waals surface area contributed by atoms with Gasteiger partial charge in [0.25, 0.3) is 11.8 Å². The number of carbonyl (C=O) groups is 2. The first-order chi connectivity index (χ1) is 15.6. The molecule has 0 unspecified atom stereocenters. The average molecular weight is 454 g/mol. The van der Waals surface area contributed by atoms with Gasteiger partial charge in [-0.05, 0) is 35.8 Å². The average Bonchev–Trinajstić information content (AvgIpc) is 2.81. The van der Waals surface area contributed by atoms with Crippen LogP contribution in [0.3, 0.4) is 0 Å². The zero-order valence-electron chi connectivity index (χ0n) is 17.4. The number of thiocarbonyl (C=S) groups is 1. The summed E-state index contributed by atoms with van der Waals surface area (Å²) in [6, 6.07) is 20.1. The molecule has 0 aromatic heterocycles. The number of fused-ring (bicyclic) bond motifs is 1. The van der Waals surface area contributed by atoms with Crippen LogP contribution in [0.2, 0.25) is 0 Å². The number of benzene rings is 3. The van der Waals surface area contributed by atoms with Gasteiger partial charge in [-0.15, -0.1) is 0 Å². The van der Waals surface area contributed by atoms with E-state index in [1.165, 1.54) is 0 Å². The molecule has 32 heavy (non-hydrogen) atoms. The zero-order chi connectivity index (χ0) is 22.8. The lowest BCUT2D eigenvalue weighted by Crippen LogP contribution is -2.49. The van der Waals surface area contributed by atoms with E-state index >= 15 is 0 Å². The van der Waals surface area contributed by atoms with Crippen molar-refractivity contribution in [3.63, 3.8) is 0 Å². The van der Waals surface area contributed by atoms with E-state index in [4.69, 9.17) is 26.4 Å². The Balaban J connectivity index is 1.47. The van der Waals surface area contributed by atoms with E-state index in [0.29, 0.717) is 30.3 Å². The lowest BCUT2D eigenvalue weighted by Gasteiger charge is -2.14. The number of amides is 2. The smallest absolute Gasteiger partial charge is 0.276 e. The van der Waals surface area contributed by atoms with Crippen LogP contribution < -0.4 is 25.6 Å². The van der Waals surface area contributed by atoms with Gasteiger partial charge in [0.15, 0.2) is 11.7 Å². The first-order valence-electron chi connectivity index (χ1n) is 9.80. The molecule has 0 saturated heterocycles. The number of para-hydroxylation sites is 1. The van der Waals surface area contributed by atoms with Gasteiger partial charge in [0.1, 0.15) is 18.1 Å². The van der Waals surface area contributed by atoms with E-state index in [2.05, 4.69) is 16.2 Å². The predicted octanol–water partition coefficient (Wildman–Crippen LogP) is 2.58. The molecule has 0 aliphatic rings. The van der Waals surface area contributed by atoms with E-state index < -0.39 is 11.8 Å². The lowest BCUT2D eigenvalue weighted by molar-refractivity contribution is -0.123. The molecule has 0 radical (unpaired) electrons. The molecule has 8 nitrogen and oxygen atoms in total. The van der Waals surface area contributed by atoms with Gasteiger partial charge in [0.2, 0.25) is 0 Å². The number of hydrogen-bond acceptors (Lipinski definition) is 6. The van der Waals surface area contributed by atoms with E-state index in [0.717, 1.165) is 10.8 Å². The maximum atomic E-state index is 12.5. The van der Waals surface area contributed by atoms with Crippen molar-refractivity contribution in [3.8, 4) is 11.5 Å². The van der Waals surface area contributed by atoms with Gasteiger partial charge in [-0.2, -0.15) is 0 Å². The van der Waals surface area contributed by atoms with Crippen LogP contribution in [0.5, 0.6) is 11.5 Å². The quantitative estimate of drug-likeness (QED) is 0.274. The predicted molar refractivity (Wildman–Crippen MR) is 125 cm³/mol. The van der Waals surface area contributed by atoms with Gasteiger partial charge in [-0.25, -0.2) is 0 Å². The molecule has 2 amide bonds. The highest BCUT2D eigenvalue weighted by molar-refractivity contribution is 7.80. The third kappa shape index (κ3) is 6.40. The first kappa shape index (κ1) is 23.0. The summed E-state index contributed by atoms with van der Waals surface area (Å²) in [5.41, 5.74) is 5.19. The Labute approximate surface area is 190 Å². The topological polar surface area (TPSA) is 97.9 Å². The third-order valence-electron chi connectivity index (χ3n) is 4.33. The fourth-order valence-corrected chi connectivity index (χ4v) is 2.99. The normalized spacial score (nSPS) is 10.3. The Morgan fingerprint density at radius 1 is 0.844 bits per heavy atom. The van der Waals surface area contributed by atoms with Crippen molar-refractivity contribution in [2.75, 3.05) is 26.9 Å². The summed E-state index contributed by atoms with van der Waals surface area (Å²) in [6.07, 6.45) is 0. The van der Waals surface area contributed by atoms with Crippen molar-refractivity contribution in [2.24, 2.45) is 0 Å². The second-order valence-corrected chi connectivity index (χ2v) is 6.97. The van der Waals surface area contributed by atoms with Crippen molar-refractivity contribution in [1.82, 2.24) is 16.2 Å². The van der Waals surface area contributed by atoms with Crippen molar-refractivity contribution in [3.05, 3.63) is 72.3 Å². The molecule has 0 fully saturated rings. The van der Waals surface area contributed by atoms with E-state index in [-0.39, 0.29) is 11.7 Å². The van der Waals surface area contributed by atoms with Gasteiger partial charge >= 0.3 is 0 Å². The van der Waals surface area contributed by atoms with Gasteiger partial charge < -0.3 is 14.2 Å². The van der Waals surface area contributed by atoms with Crippen LogP contribution in [0, 0.1) is 0 Å². The minimum atomic E-state index is -0.475. The molecule has 0 spiro atoms. The number of rotatable bonds is 8. The second-order valence-electron chi connectivity index (χ2n) is 6.56. The van der Waals surface area contributed by atoms with Crippen LogP contribution in [0.25, 0.3) is 10.8 Å². The fourth-order valence-electron chi connectivity index (χ4n) is 2.84. The van der Waals surface area contributed by atoms with Crippen molar-refractivity contribution in [2.45, 2.75) is 0 Å². The number of ether oxygens (including phenoxy) is 3. The highest BCUT2D eigenvalue weighted by atomic mass is 32.1. The van der Waals surface area contributed by atoms with Crippen LogP contribution in [0.15, 0.2) is 66.7 Å². The monoisotopic (exact) mass is 453 g/mol. The van der Waals surface area contributed by atoms with Crippen LogP contribution in [-0.2, 0) is 9.53 Å². The van der Waals surface area contributed by atoms with Crippen LogP contribution in [0.4, 0.5) is 0 Å². The highest BCUT2D eigenvalue weighted by Gasteiger charge is 2.14. The van der Waals surface area contributed by atoms with Crippen molar-refractivity contribution < 1.29 is 23.8 Å². The molecule has 166 valence electrons. The Kier molecular flexibility index (Phi) is 8.36. The number of nitrogens with one attached hydrogen (secondary N) is 3. The van der Waals surface area contributed by atoms with Crippen molar-refractivity contribution in [1.29, 1.82) is 0 Å². The summed E-state index contributed by atoms with van der Waals surface area (Å²) in [4.78, 5) is 24.6. The van der Waals surface area contributed by atoms with Gasteiger partial charge in [-0.1, -0.05) is 48.5 Å². The number of carbonyl (C=O) groups excluding carboxylic acids is 2. The summed E-state index contributed by atoms with van der Waals surface area (Å²) < 4.78 is 16.1. The first-order valence-corrected chi connectivity index (χ1v) is 10.2. The molecule has 0 aliphatic carbocycles. The van der Waals surface area contributed by atoms with E-state index in [1.54, 1.807) is 37.4 Å². The van der Waals surface area contributed by atoms with Crippen LogP contribution >= 0.6 is 12.2 Å². The minimum absolute atomic E-state index is 0.0693. The molecule has 3 aromatic rings. The van der Waals surface area contributed by atoms with Crippen LogP contribution in [0.1, 0.15) is 10.4 Å². The maximum absolute atomic E-state index is 12.5. The van der Waals surface area contributed by atoms with Gasteiger partial charge in [0.05, 0.1) is 12.2 Å². The zero-order valence-corrected chi connectivity index (χ0v) is 18.2. The molecule has 9 heteroatoms. The Morgan fingerprint density at radius 2 is 1.56 bits per heavy atom. The van der Waals surface area contributed by atoms with Gasteiger partial charge in [0, 0.05) is 12.5 Å². The number of hydrazine groups is 1. The summed E-state index contributed by atoms with van der Waals surface area (Å²) in [6.45, 7) is 0.465. The standard InChI is InChI=1S/C23H23N3O5S/c1-29-13-14-30-20-11-5-4-10-18(20)22(28)24-23(32)26-25-21(27)15-31-19-12-6-8-16-7-2-3-9-17(16)19/h2-12H,13-15H2,1H3,(H,25,27)(H2,24,26,28,32). The summed E-state index contributed by atoms with van der Waals surface area (Å²) in [7, 11) is 1.56. The summed E-state index contributed by atoms with van der Waals surface area (Å²) in [5.74, 6) is 0.0613. The molecule has 0 saturated carbocycles. The highest BCUT2D eigenvalue weighted by Crippen LogP contribution is 2.24. The van der Waals surface area contributed by atoms with Crippen molar-refractivity contribution >= 4 is 39.9 Å². The Morgan fingerprint density at radius 3 is 2.41 bits per heavy atom. The minimum Gasteiger partial charge on any atom is -0.490 e. The largest absolute Gasteiger partial charge is 0.490 e. The Hall–Kier alpha value is -3.69. The molecular formula is C23H23N3O5S. The van der Waals surface area contributed by atoms with E-state index in [9.17, 15) is 9.59 Å². The molecule has 0 atom stereocenters. The molecule has 3 rings (SSSR count). The fraction of sp³-hybridized carbons (Fsp3) is 0.174. The third-order valence-corrected chi connectivity index (χ3v) is 4.53. The summed E-state index contributed by atoms with van der Waals surface area (Å²) in [5, 5.41) is 4.35. The summed E-state index contributed by atoms with van der Waals surface area (Å²) >= 11 is 5.08. The number of hydrogen-bond donors (Lipinski definition) is 3. The molecule has 3 N–H and O–H groups in total. The Bertz CT molecular complexity index is 1100. The SMILES string of the molecule is COCCOc1ccccc1C(=O)NC(=S)NNC(=O)COc1cccc2ccccc12. The molecule has 0 heterocycles. The van der Waals surface area contributed by atoms with Crippen LogP contribution in [-0.4, -0.2) is 43.9 Å². The molecule has 0 bridgehead atoms. The van der Waals surface area contributed by atoms with Gasteiger partial charge in [-0.3, -0.25) is 25.8 Å². The van der Waals surface area contributed by atoms with E-state index in [1.807, 2.05) is 36.4 Å². The lowest BCUT2D eigenvalue weighted by atomic mass is 10.1. The number of methoxy groups -OCH3 is 1.